The summed E-state index contributed by atoms with van der Waals surface area (Å²) in [6, 6.07) is 0. The Morgan fingerprint density at radius 1 is 1.87 bits per heavy atom. The third kappa shape index (κ3) is 2.70. The molecule has 0 aliphatic rings. The molecular weight excluding hydrogens is 198 g/mol. The monoisotopic (exact) mass is 211 g/mol. The van der Waals surface area contributed by atoms with Crippen LogP contribution in [0, 0.1) is 5.92 Å². The van der Waals surface area contributed by atoms with Crippen molar-refractivity contribution < 1.29 is 10.0 Å². The summed E-state index contributed by atoms with van der Waals surface area (Å²) in [6.45, 7) is 1.78. The molecule has 1 heterocycles. The van der Waals surface area contributed by atoms with Crippen LogP contribution in [0.4, 0.5) is 5.69 Å². The number of amidine groups is 1. The van der Waals surface area contributed by atoms with Gasteiger partial charge in [-0.3, -0.25) is 9.89 Å². The maximum absolute atomic E-state index is 11.6. The Morgan fingerprint density at radius 2 is 2.60 bits per heavy atom. The van der Waals surface area contributed by atoms with E-state index in [0.29, 0.717) is 12.1 Å². The number of anilines is 1. The standard InChI is InChI=1S/C8H13N5O2/c1-2-6(7(9)13-15)8(14)12-5-3-10-11-4-5/h3-4,6,15H,2H2,1H3,(H2,9,13)(H,10,11)(H,12,14). The number of rotatable bonds is 4. The van der Waals surface area contributed by atoms with Gasteiger partial charge in [-0.2, -0.15) is 5.10 Å². The minimum atomic E-state index is -0.634. The molecule has 1 amide bonds. The van der Waals surface area contributed by atoms with Crippen molar-refractivity contribution in [1.82, 2.24) is 10.2 Å². The fourth-order valence-electron chi connectivity index (χ4n) is 1.15. The van der Waals surface area contributed by atoms with Crippen LogP contribution in [-0.4, -0.2) is 27.1 Å². The van der Waals surface area contributed by atoms with E-state index in [9.17, 15) is 4.79 Å². The second kappa shape index (κ2) is 4.99. The molecule has 0 radical (unpaired) electrons. The Balaban J connectivity index is 2.66. The predicted molar refractivity (Wildman–Crippen MR) is 54.4 cm³/mol. The first-order valence-corrected chi connectivity index (χ1v) is 4.46. The minimum Gasteiger partial charge on any atom is -0.409 e. The number of aromatic amines is 1. The highest BCUT2D eigenvalue weighted by Gasteiger charge is 2.21. The molecule has 1 atom stereocenters. The smallest absolute Gasteiger partial charge is 0.235 e. The normalized spacial score (nSPS) is 13.5. The number of aromatic nitrogens is 2. The second-order valence-corrected chi connectivity index (χ2v) is 2.96. The number of nitrogens with zero attached hydrogens (tertiary/aromatic N) is 2. The van der Waals surface area contributed by atoms with Crippen LogP contribution >= 0.6 is 0 Å². The molecule has 0 fully saturated rings. The first kappa shape index (κ1) is 11.0. The SMILES string of the molecule is CCC(C(=O)Nc1cn[nH]c1)C(N)=NO. The molecule has 82 valence electrons. The van der Waals surface area contributed by atoms with Crippen LogP contribution in [-0.2, 0) is 4.79 Å². The minimum absolute atomic E-state index is 0.0986. The molecule has 1 rings (SSSR count). The highest BCUT2D eigenvalue weighted by atomic mass is 16.4. The Morgan fingerprint density at radius 3 is 3.07 bits per heavy atom. The van der Waals surface area contributed by atoms with Gasteiger partial charge in [0.2, 0.25) is 5.91 Å². The Labute approximate surface area is 86.3 Å². The van der Waals surface area contributed by atoms with E-state index in [1.165, 1.54) is 12.4 Å². The maximum Gasteiger partial charge on any atom is 0.235 e. The number of hydrogen-bond acceptors (Lipinski definition) is 4. The van der Waals surface area contributed by atoms with E-state index in [1.807, 2.05) is 0 Å². The van der Waals surface area contributed by atoms with Crippen LogP contribution in [0.15, 0.2) is 17.5 Å². The van der Waals surface area contributed by atoms with E-state index >= 15 is 0 Å². The van der Waals surface area contributed by atoms with E-state index in [0.717, 1.165) is 0 Å². The lowest BCUT2D eigenvalue weighted by Crippen LogP contribution is -2.34. The molecule has 0 saturated heterocycles. The van der Waals surface area contributed by atoms with Gasteiger partial charge < -0.3 is 16.3 Å². The van der Waals surface area contributed by atoms with Gasteiger partial charge in [-0.1, -0.05) is 12.1 Å². The summed E-state index contributed by atoms with van der Waals surface area (Å²) in [4.78, 5) is 11.6. The van der Waals surface area contributed by atoms with Crippen molar-refractivity contribution in [3.63, 3.8) is 0 Å². The van der Waals surface area contributed by atoms with E-state index < -0.39 is 5.92 Å². The van der Waals surface area contributed by atoms with E-state index in [-0.39, 0.29) is 11.7 Å². The van der Waals surface area contributed by atoms with Crippen LogP contribution in [0.2, 0.25) is 0 Å². The first-order chi connectivity index (χ1) is 7.19. The third-order valence-electron chi connectivity index (χ3n) is 1.96. The molecule has 0 bridgehead atoms. The molecule has 1 aromatic rings. The van der Waals surface area contributed by atoms with E-state index in [2.05, 4.69) is 20.7 Å². The Kier molecular flexibility index (Phi) is 3.67. The molecule has 15 heavy (non-hydrogen) atoms. The van der Waals surface area contributed by atoms with Crippen molar-refractivity contribution in [3.05, 3.63) is 12.4 Å². The average molecular weight is 211 g/mol. The quantitative estimate of drug-likeness (QED) is 0.245. The first-order valence-electron chi connectivity index (χ1n) is 4.46. The topological polar surface area (TPSA) is 116 Å². The number of nitrogens with two attached hydrogens (primary N) is 1. The molecule has 7 nitrogen and oxygen atoms in total. The maximum atomic E-state index is 11.6. The largest absolute Gasteiger partial charge is 0.409 e. The summed E-state index contributed by atoms with van der Waals surface area (Å²) >= 11 is 0. The lowest BCUT2D eigenvalue weighted by atomic mass is 10.0. The van der Waals surface area contributed by atoms with Crippen LogP contribution in [0.5, 0.6) is 0 Å². The van der Waals surface area contributed by atoms with Gasteiger partial charge >= 0.3 is 0 Å². The van der Waals surface area contributed by atoms with Gasteiger partial charge in [0.1, 0.15) is 0 Å². The van der Waals surface area contributed by atoms with Gasteiger partial charge in [-0.25, -0.2) is 0 Å². The van der Waals surface area contributed by atoms with Crippen LogP contribution < -0.4 is 11.1 Å². The Hall–Kier alpha value is -2.05. The lowest BCUT2D eigenvalue weighted by molar-refractivity contribution is -0.118. The number of hydrogen-bond donors (Lipinski definition) is 4. The molecule has 0 aliphatic carbocycles. The van der Waals surface area contributed by atoms with Crippen molar-refractivity contribution in [2.45, 2.75) is 13.3 Å². The third-order valence-corrected chi connectivity index (χ3v) is 1.96. The van der Waals surface area contributed by atoms with Gasteiger partial charge in [0.15, 0.2) is 5.84 Å². The van der Waals surface area contributed by atoms with Crippen LogP contribution in [0.3, 0.4) is 0 Å². The summed E-state index contributed by atoms with van der Waals surface area (Å²) in [5, 5.41) is 20.1. The fraction of sp³-hybridized carbons (Fsp3) is 0.375. The number of oxime groups is 1. The van der Waals surface area contributed by atoms with Crippen molar-refractivity contribution in [3.8, 4) is 0 Å². The lowest BCUT2D eigenvalue weighted by Gasteiger charge is -2.11. The number of nitrogens with one attached hydrogen (secondary N) is 2. The van der Waals surface area contributed by atoms with E-state index in [4.69, 9.17) is 10.9 Å². The zero-order chi connectivity index (χ0) is 11.3. The summed E-state index contributed by atoms with van der Waals surface area (Å²) < 4.78 is 0. The molecule has 5 N–H and O–H groups in total. The summed E-state index contributed by atoms with van der Waals surface area (Å²) in [5.41, 5.74) is 5.92. The number of H-pyrrole nitrogens is 1. The molecule has 0 spiro atoms. The molecule has 1 unspecified atom stereocenters. The predicted octanol–water partition coefficient (Wildman–Crippen LogP) is 0.121. The fourth-order valence-corrected chi connectivity index (χ4v) is 1.15. The molecule has 1 aromatic heterocycles. The highest BCUT2D eigenvalue weighted by molar-refractivity contribution is 6.07. The number of carbonyl (C=O) groups excluding carboxylic acids is 1. The molecule has 0 aliphatic heterocycles. The van der Waals surface area contributed by atoms with E-state index in [1.54, 1.807) is 6.92 Å². The van der Waals surface area contributed by atoms with Gasteiger partial charge in [-0.05, 0) is 6.42 Å². The van der Waals surface area contributed by atoms with Crippen molar-refractivity contribution in [2.24, 2.45) is 16.8 Å². The Bertz CT molecular complexity index is 346. The van der Waals surface area contributed by atoms with Crippen molar-refractivity contribution >= 4 is 17.4 Å². The van der Waals surface area contributed by atoms with Crippen molar-refractivity contribution in [2.75, 3.05) is 5.32 Å². The van der Waals surface area contributed by atoms with Crippen molar-refractivity contribution in [1.29, 1.82) is 0 Å². The number of carbonyl (C=O) groups is 1. The summed E-state index contributed by atoms with van der Waals surface area (Å²) in [7, 11) is 0. The average Bonchev–Trinajstić information content (AvgIpc) is 2.71. The summed E-state index contributed by atoms with van der Waals surface area (Å²) in [5.74, 6) is -1.06. The van der Waals surface area contributed by atoms with Crippen LogP contribution in [0.25, 0.3) is 0 Å². The molecule has 0 aromatic carbocycles. The van der Waals surface area contributed by atoms with Gasteiger partial charge in [0, 0.05) is 6.20 Å². The summed E-state index contributed by atoms with van der Waals surface area (Å²) in [6.07, 6.45) is 3.47. The molecule has 7 heteroatoms. The van der Waals surface area contributed by atoms with Gasteiger partial charge in [0.05, 0.1) is 17.8 Å². The van der Waals surface area contributed by atoms with Gasteiger partial charge in [-0.15, -0.1) is 0 Å². The number of amides is 1. The zero-order valence-electron chi connectivity index (χ0n) is 8.27. The molecule has 0 saturated carbocycles. The highest BCUT2D eigenvalue weighted by Crippen LogP contribution is 2.08. The van der Waals surface area contributed by atoms with Crippen LogP contribution in [0.1, 0.15) is 13.3 Å². The zero-order valence-corrected chi connectivity index (χ0v) is 8.27. The van der Waals surface area contributed by atoms with Gasteiger partial charge in [0.25, 0.3) is 0 Å². The molecular formula is C8H13N5O2. The second-order valence-electron chi connectivity index (χ2n) is 2.96.